The van der Waals surface area contributed by atoms with Crippen LogP contribution in [0.25, 0.3) is 0 Å². The van der Waals surface area contributed by atoms with Crippen LogP contribution in [0.5, 0.6) is 0 Å². The van der Waals surface area contributed by atoms with Gasteiger partial charge in [0, 0.05) is 18.5 Å². The number of fused-ring (bicyclic) bond motifs is 1. The van der Waals surface area contributed by atoms with Gasteiger partial charge < -0.3 is 10.6 Å². The minimum absolute atomic E-state index is 0.0170. The van der Waals surface area contributed by atoms with Crippen LogP contribution in [0.1, 0.15) is 22.2 Å². The van der Waals surface area contributed by atoms with Crippen molar-refractivity contribution in [2.45, 2.75) is 13.3 Å². The van der Waals surface area contributed by atoms with Gasteiger partial charge in [0.1, 0.15) is 5.82 Å². The van der Waals surface area contributed by atoms with Crippen LogP contribution in [-0.4, -0.2) is 21.6 Å². The lowest BCUT2D eigenvalue weighted by Crippen LogP contribution is -2.28. The van der Waals surface area contributed by atoms with Crippen molar-refractivity contribution in [3.63, 3.8) is 0 Å². The van der Waals surface area contributed by atoms with Crippen molar-refractivity contribution in [2.24, 2.45) is 13.0 Å². The Bertz CT molecular complexity index is 675. The van der Waals surface area contributed by atoms with Crippen LogP contribution in [-0.2, 0) is 18.3 Å². The van der Waals surface area contributed by atoms with E-state index in [1.54, 1.807) is 17.8 Å². The van der Waals surface area contributed by atoms with E-state index in [2.05, 4.69) is 15.7 Å². The van der Waals surface area contributed by atoms with Gasteiger partial charge in [0.15, 0.2) is 5.82 Å². The number of nitrogens with zero attached hydrogens (tertiary/aromatic N) is 2. The van der Waals surface area contributed by atoms with E-state index in [0.717, 1.165) is 5.56 Å². The molecule has 2 aromatic heterocycles. The Morgan fingerprint density at radius 1 is 1.60 bits per heavy atom. The summed E-state index contributed by atoms with van der Waals surface area (Å²) in [4.78, 5) is 24.4. The molecule has 3 rings (SSSR count). The maximum Gasteiger partial charge on any atom is 0.266 e. The summed E-state index contributed by atoms with van der Waals surface area (Å²) in [7, 11) is 1.75. The highest BCUT2D eigenvalue weighted by Gasteiger charge is 2.29. The quantitative estimate of drug-likeness (QED) is 0.886. The molecule has 0 saturated heterocycles. The number of thiophene rings is 1. The maximum absolute atomic E-state index is 12.1. The lowest BCUT2D eigenvalue weighted by molar-refractivity contribution is -0.119. The molecule has 104 valence electrons. The minimum atomic E-state index is -0.176. The molecular weight excluding hydrogens is 276 g/mol. The first-order valence-corrected chi connectivity index (χ1v) is 7.16. The second kappa shape index (κ2) is 4.75. The topological polar surface area (TPSA) is 76.0 Å². The van der Waals surface area contributed by atoms with E-state index in [9.17, 15) is 9.59 Å². The molecule has 0 aromatic carbocycles. The summed E-state index contributed by atoms with van der Waals surface area (Å²) in [6, 6.07) is 3.59. The molecule has 2 aromatic rings. The molecular formula is C13H14N4O2S. The van der Waals surface area contributed by atoms with Crippen LogP contribution in [0, 0.1) is 5.92 Å². The molecule has 7 heteroatoms. The Hall–Kier alpha value is -2.15. The molecule has 1 aliphatic rings. The Morgan fingerprint density at radius 2 is 2.40 bits per heavy atom. The van der Waals surface area contributed by atoms with Gasteiger partial charge in [-0.25, -0.2) is 0 Å². The number of hydrogen-bond donors (Lipinski definition) is 2. The van der Waals surface area contributed by atoms with Gasteiger partial charge >= 0.3 is 0 Å². The molecule has 2 amide bonds. The molecule has 1 aliphatic heterocycles. The fourth-order valence-electron chi connectivity index (χ4n) is 2.23. The lowest BCUT2D eigenvalue weighted by atomic mass is 9.98. The average molecular weight is 290 g/mol. The fraction of sp³-hybridized carbons (Fsp3) is 0.308. The smallest absolute Gasteiger partial charge is 0.266 e. The fourth-order valence-corrected chi connectivity index (χ4v) is 2.85. The minimum Gasteiger partial charge on any atom is -0.310 e. The van der Waals surface area contributed by atoms with Crippen molar-refractivity contribution in [3.8, 4) is 0 Å². The first kappa shape index (κ1) is 12.9. The molecule has 6 nitrogen and oxygen atoms in total. The van der Waals surface area contributed by atoms with Gasteiger partial charge in [-0.3, -0.25) is 14.3 Å². The monoisotopic (exact) mass is 290 g/mol. The second-order valence-electron chi connectivity index (χ2n) is 4.83. The molecule has 20 heavy (non-hydrogen) atoms. The molecule has 0 saturated carbocycles. The van der Waals surface area contributed by atoms with Gasteiger partial charge in [-0.2, -0.15) is 5.10 Å². The van der Waals surface area contributed by atoms with Crippen molar-refractivity contribution < 1.29 is 9.59 Å². The van der Waals surface area contributed by atoms with Crippen LogP contribution in [0.2, 0.25) is 0 Å². The number of amides is 2. The van der Waals surface area contributed by atoms with Crippen molar-refractivity contribution in [1.82, 2.24) is 9.78 Å². The molecule has 0 radical (unpaired) electrons. The van der Waals surface area contributed by atoms with Gasteiger partial charge in [0.05, 0.1) is 4.88 Å². The summed E-state index contributed by atoms with van der Waals surface area (Å²) in [6.07, 6.45) is 0.578. The van der Waals surface area contributed by atoms with Crippen LogP contribution >= 0.6 is 11.3 Å². The number of rotatable bonds is 2. The Balaban J connectivity index is 1.90. The van der Waals surface area contributed by atoms with E-state index in [0.29, 0.717) is 22.9 Å². The largest absolute Gasteiger partial charge is 0.310 e. The first-order chi connectivity index (χ1) is 9.56. The van der Waals surface area contributed by atoms with Crippen molar-refractivity contribution in [2.75, 3.05) is 10.6 Å². The maximum atomic E-state index is 12.1. The summed E-state index contributed by atoms with van der Waals surface area (Å²) in [5, 5.41) is 11.8. The van der Waals surface area contributed by atoms with Crippen LogP contribution in [0.4, 0.5) is 11.6 Å². The highest BCUT2D eigenvalue weighted by molar-refractivity contribution is 7.12. The van der Waals surface area contributed by atoms with Gasteiger partial charge in [0.2, 0.25) is 5.91 Å². The zero-order valence-electron chi connectivity index (χ0n) is 11.1. The SMILES string of the molecule is CC1Cc2c(NC(=O)c3cccs3)nn(C)c2NC1=O. The predicted molar refractivity (Wildman–Crippen MR) is 77.0 cm³/mol. The molecule has 0 fully saturated rings. The van der Waals surface area contributed by atoms with Gasteiger partial charge in [-0.05, 0) is 17.9 Å². The normalized spacial score (nSPS) is 17.5. The highest BCUT2D eigenvalue weighted by atomic mass is 32.1. The predicted octanol–water partition coefficient (Wildman–Crippen LogP) is 1.86. The van der Waals surface area contributed by atoms with Crippen LogP contribution in [0.15, 0.2) is 17.5 Å². The van der Waals surface area contributed by atoms with E-state index < -0.39 is 0 Å². The third-order valence-corrected chi connectivity index (χ3v) is 4.19. The number of aryl methyl sites for hydroxylation is 1. The zero-order valence-corrected chi connectivity index (χ0v) is 12.0. The number of hydrogen-bond acceptors (Lipinski definition) is 4. The van der Waals surface area contributed by atoms with Crippen LogP contribution < -0.4 is 10.6 Å². The van der Waals surface area contributed by atoms with Crippen molar-refractivity contribution in [3.05, 3.63) is 28.0 Å². The number of nitrogens with one attached hydrogen (secondary N) is 2. The summed E-state index contributed by atoms with van der Waals surface area (Å²) < 4.78 is 1.59. The third-order valence-electron chi connectivity index (χ3n) is 3.32. The van der Waals surface area contributed by atoms with E-state index in [4.69, 9.17) is 0 Å². The first-order valence-electron chi connectivity index (χ1n) is 6.28. The summed E-state index contributed by atoms with van der Waals surface area (Å²) >= 11 is 1.38. The van der Waals surface area contributed by atoms with Gasteiger partial charge in [-0.15, -0.1) is 11.3 Å². The van der Waals surface area contributed by atoms with Crippen LogP contribution in [0.3, 0.4) is 0 Å². The summed E-state index contributed by atoms with van der Waals surface area (Å²) in [5.74, 6) is 0.869. The highest BCUT2D eigenvalue weighted by Crippen LogP contribution is 2.31. The van der Waals surface area contributed by atoms with E-state index in [-0.39, 0.29) is 17.7 Å². The molecule has 1 unspecified atom stereocenters. The number of anilines is 2. The van der Waals surface area contributed by atoms with E-state index in [1.807, 2.05) is 18.4 Å². The summed E-state index contributed by atoms with van der Waals surface area (Å²) in [5.41, 5.74) is 0.879. The Kier molecular flexibility index (Phi) is 3.06. The van der Waals surface area contributed by atoms with Crippen molar-refractivity contribution >= 4 is 34.8 Å². The molecule has 3 heterocycles. The Labute approximate surface area is 119 Å². The average Bonchev–Trinajstić information content (AvgIpc) is 3.02. The van der Waals surface area contributed by atoms with Crippen molar-refractivity contribution in [1.29, 1.82) is 0 Å². The Morgan fingerprint density at radius 3 is 3.10 bits per heavy atom. The van der Waals surface area contributed by atoms with E-state index in [1.165, 1.54) is 11.3 Å². The van der Waals surface area contributed by atoms with Gasteiger partial charge in [0.25, 0.3) is 5.91 Å². The number of carbonyl (C=O) groups is 2. The lowest BCUT2D eigenvalue weighted by Gasteiger charge is -2.19. The molecule has 1 atom stereocenters. The molecule has 0 spiro atoms. The molecule has 0 bridgehead atoms. The molecule has 0 aliphatic carbocycles. The zero-order chi connectivity index (χ0) is 14.3. The van der Waals surface area contributed by atoms with E-state index >= 15 is 0 Å². The standard InChI is InChI=1S/C13H14N4O2S/c1-7-6-8-10(14-13(19)9-4-3-5-20-9)16-17(2)11(8)15-12(7)18/h3-5,7H,6H2,1-2H3,(H,15,18)(H,14,16,19). The molecule has 2 N–H and O–H groups in total. The number of carbonyl (C=O) groups excluding carboxylic acids is 2. The number of aromatic nitrogens is 2. The van der Waals surface area contributed by atoms with Gasteiger partial charge in [-0.1, -0.05) is 13.0 Å². The summed E-state index contributed by atoms with van der Waals surface area (Å²) in [6.45, 7) is 1.86. The second-order valence-corrected chi connectivity index (χ2v) is 5.77. The third kappa shape index (κ3) is 2.09.